The number of primary amides is 2. The zero-order valence-corrected chi connectivity index (χ0v) is 60.4. The van der Waals surface area contributed by atoms with Crippen molar-refractivity contribution in [2.45, 2.75) is 191 Å². The molecule has 1 aliphatic heterocycles. The molecule has 2 unspecified atom stereocenters. The molecule has 1 fully saturated rings. The number of rotatable bonds is 19. The van der Waals surface area contributed by atoms with E-state index in [-0.39, 0.29) is 45.1 Å². The molecule has 35 heteroatoms. The van der Waals surface area contributed by atoms with Gasteiger partial charge in [-0.15, -0.1) is 0 Å². The van der Waals surface area contributed by atoms with Gasteiger partial charge in [0.1, 0.15) is 77.7 Å². The van der Waals surface area contributed by atoms with E-state index in [9.17, 15) is 82.1 Å². The highest BCUT2D eigenvalue weighted by atomic mass is 16.5. The van der Waals surface area contributed by atoms with Gasteiger partial charge in [-0.25, -0.2) is 0 Å². The molecule has 1 aromatic heterocycles. The van der Waals surface area contributed by atoms with Gasteiger partial charge in [0.25, 0.3) is 0 Å². The number of carboxylic acid groups (broad SMARTS) is 1. The number of aliphatic carboxylic acids is 1. The first-order valence-corrected chi connectivity index (χ1v) is 34.6. The van der Waals surface area contributed by atoms with Crippen LogP contribution in [0.15, 0.2) is 97.2 Å². The van der Waals surface area contributed by atoms with Gasteiger partial charge in [-0.2, -0.15) is 0 Å². The number of aliphatic hydroxyl groups excluding tert-OH is 1. The minimum absolute atomic E-state index is 0.0365. The summed E-state index contributed by atoms with van der Waals surface area (Å²) in [4.78, 5) is 224. The second-order valence-corrected chi connectivity index (χ2v) is 26.7. The first kappa shape index (κ1) is 83.9. The lowest BCUT2D eigenvalue weighted by atomic mass is 9.98. The van der Waals surface area contributed by atoms with Gasteiger partial charge in [-0.05, 0) is 113 Å². The molecule has 0 radical (unpaired) electrons. The lowest BCUT2D eigenvalue weighted by Gasteiger charge is -2.31. The Kier molecular flexibility index (Phi) is 30.7. The number of hydrogen-bond acceptors (Lipinski definition) is 18. The van der Waals surface area contributed by atoms with Crippen LogP contribution in [0.3, 0.4) is 0 Å². The number of ether oxygens (including phenoxy) is 1. The van der Waals surface area contributed by atoms with Gasteiger partial charge in [0.2, 0.25) is 88.6 Å². The number of H-pyrrole nitrogens is 1. The highest BCUT2D eigenvalue weighted by Gasteiger charge is 2.40. The smallest absolute Gasteiger partial charge is 0.325 e. The maximum atomic E-state index is 15.1. The summed E-state index contributed by atoms with van der Waals surface area (Å²) in [6, 6.07) is 7.52. The van der Waals surface area contributed by atoms with Crippen LogP contribution in [-0.4, -0.2) is 202 Å². The van der Waals surface area contributed by atoms with Crippen LogP contribution in [0.5, 0.6) is 5.75 Å². The molecule has 35 nitrogen and oxygen atoms in total. The van der Waals surface area contributed by atoms with Crippen molar-refractivity contribution in [3.8, 4) is 5.75 Å². The minimum atomic E-state index is -2.04. The standard InChI is InChI=1S/C72H94N16O19/c1-36(60(94)79-38(3)70(104)105)78-64(98)55-34-58(93)75-28-14-13-19-49(80-40(5)90)63(97)84-54(33-57(74)92)67(101)87-59(39(4)89)69(103)85-53(32-45-35-76-48-18-12-11-17-47(45)48)66(100)81-50(26-27-56(73)91)62(96)77-37(2)61(95)82-51(30-41-21-24-46(107-8)25-22-41)65(99)83-52(68(102)88-72(6,7)71(106)86-55)31-42-20-23-43-15-9-10-16-44(43)29-42/h9-12,15-18,20-25,29,35-39,49-55,59,76,89H,13-14,19,26-28,30-34H2,1-8H3,(H2,73,91)(H2,74,92)(H,75,93)(H,77,96)(H,78,98)(H,79,94)(H,80,90)(H,81,100)(H,82,95)(H,83,99)(H,84,97)(H,85,103)(H,86,106)(H,87,101)(H,88,102)(H,104,105)/t36-,37-,38-,39?,49?,50-,51-,52-,53-,54-,55+,59-/m0/s1. The Balaban J connectivity index is 1.42. The lowest BCUT2D eigenvalue weighted by Crippen LogP contribution is -2.63. The van der Waals surface area contributed by atoms with E-state index in [1.165, 1.54) is 47.9 Å². The Morgan fingerprint density at radius 3 is 1.84 bits per heavy atom. The van der Waals surface area contributed by atoms with E-state index in [0.29, 0.717) is 33.3 Å². The maximum absolute atomic E-state index is 15.1. The number of carbonyl (C=O) groups is 16. The third-order valence-electron chi connectivity index (χ3n) is 17.4. The molecule has 20 N–H and O–H groups in total. The number of aliphatic hydroxyl groups is 1. The third-order valence-corrected chi connectivity index (χ3v) is 17.4. The first-order valence-electron chi connectivity index (χ1n) is 34.6. The summed E-state index contributed by atoms with van der Waals surface area (Å²) in [5, 5.41) is 54.9. The molecule has 4 aromatic carbocycles. The number of carboxylic acids is 1. The molecule has 15 amide bonds. The monoisotopic (exact) mass is 1490 g/mol. The highest BCUT2D eigenvalue weighted by molar-refractivity contribution is 6.02. The van der Waals surface area contributed by atoms with Crippen LogP contribution in [0, 0.1) is 0 Å². The number of nitrogens with one attached hydrogen (secondary N) is 14. The molecule has 12 atom stereocenters. The summed E-state index contributed by atoms with van der Waals surface area (Å²) in [7, 11) is 1.43. The predicted octanol–water partition coefficient (Wildman–Crippen LogP) is -3.04. The molecule has 1 aliphatic rings. The maximum Gasteiger partial charge on any atom is 0.325 e. The average Bonchev–Trinajstić information content (AvgIpc) is 1.78. The largest absolute Gasteiger partial charge is 0.497 e. The van der Waals surface area contributed by atoms with Crippen molar-refractivity contribution in [2.24, 2.45) is 11.5 Å². The van der Waals surface area contributed by atoms with E-state index >= 15 is 4.79 Å². The second-order valence-electron chi connectivity index (χ2n) is 26.7. The van der Waals surface area contributed by atoms with Crippen molar-refractivity contribution in [3.63, 3.8) is 0 Å². The molecule has 0 spiro atoms. The molecule has 1 saturated heterocycles. The zero-order chi connectivity index (χ0) is 79.0. The van der Waals surface area contributed by atoms with E-state index in [4.69, 9.17) is 16.2 Å². The molecule has 0 bridgehead atoms. The van der Waals surface area contributed by atoms with Gasteiger partial charge in [0, 0.05) is 56.3 Å². The molecule has 0 aliphatic carbocycles. The quantitative estimate of drug-likeness (QED) is 0.0391. The number of para-hydroxylation sites is 1. The number of methoxy groups -OCH3 is 1. The van der Waals surface area contributed by atoms with Gasteiger partial charge in [0.15, 0.2) is 0 Å². The normalized spacial score (nSPS) is 22.7. The van der Waals surface area contributed by atoms with E-state index in [1.54, 1.807) is 72.8 Å². The van der Waals surface area contributed by atoms with E-state index < -0.39 is 198 Å². The molecule has 576 valence electrons. The molecule has 2 heterocycles. The highest BCUT2D eigenvalue weighted by Crippen LogP contribution is 2.22. The average molecular weight is 1490 g/mol. The van der Waals surface area contributed by atoms with Crippen LogP contribution in [0.25, 0.3) is 21.7 Å². The Labute approximate surface area is 615 Å². The third kappa shape index (κ3) is 25.7. The minimum Gasteiger partial charge on any atom is -0.497 e. The molecule has 6 rings (SSSR count). The van der Waals surface area contributed by atoms with Gasteiger partial charge < -0.3 is 101 Å². The Hall–Kier alpha value is -12.0. The fourth-order valence-electron chi connectivity index (χ4n) is 11.4. The van der Waals surface area contributed by atoms with Crippen LogP contribution >= 0.6 is 0 Å². The van der Waals surface area contributed by atoms with Crippen LogP contribution in [0.4, 0.5) is 0 Å². The summed E-state index contributed by atoms with van der Waals surface area (Å²) in [5.41, 5.74) is 11.0. The van der Waals surface area contributed by atoms with Crippen LogP contribution in [-0.2, 0) is 96.0 Å². The van der Waals surface area contributed by atoms with Gasteiger partial charge in [-0.3, -0.25) is 76.7 Å². The summed E-state index contributed by atoms with van der Waals surface area (Å²) in [5.74, 6) is -16.5. The van der Waals surface area contributed by atoms with Crippen molar-refractivity contribution < 1.29 is 91.7 Å². The Morgan fingerprint density at radius 2 is 1.20 bits per heavy atom. The summed E-state index contributed by atoms with van der Waals surface area (Å²) >= 11 is 0. The van der Waals surface area contributed by atoms with Crippen molar-refractivity contribution in [2.75, 3.05) is 13.7 Å². The Bertz CT molecular complexity index is 4130. The van der Waals surface area contributed by atoms with E-state index in [2.05, 4.69) is 74.1 Å². The van der Waals surface area contributed by atoms with Crippen LogP contribution in [0.2, 0.25) is 0 Å². The zero-order valence-electron chi connectivity index (χ0n) is 60.4. The van der Waals surface area contributed by atoms with Gasteiger partial charge in [-0.1, -0.05) is 72.8 Å². The molecule has 0 saturated carbocycles. The number of hydrogen-bond donors (Lipinski definition) is 18. The number of carbonyl (C=O) groups excluding carboxylic acids is 15. The number of aromatic nitrogens is 1. The summed E-state index contributed by atoms with van der Waals surface area (Å²) in [6.45, 7) is 8.08. The molecule has 5 aromatic rings. The van der Waals surface area contributed by atoms with Crippen LogP contribution in [0.1, 0.15) is 110 Å². The molecule has 107 heavy (non-hydrogen) atoms. The number of benzene rings is 4. The molecular weight excluding hydrogens is 1390 g/mol. The topological polar surface area (TPSA) is 547 Å². The number of aromatic amines is 1. The second kappa shape index (κ2) is 39.2. The fraction of sp³-hybridized carbons (Fsp3) is 0.444. The fourth-order valence-corrected chi connectivity index (χ4v) is 11.4. The van der Waals surface area contributed by atoms with Crippen molar-refractivity contribution >= 4 is 116 Å². The number of amides is 15. The summed E-state index contributed by atoms with van der Waals surface area (Å²) in [6.07, 6.45) is -4.00. The van der Waals surface area contributed by atoms with Crippen molar-refractivity contribution in [1.29, 1.82) is 0 Å². The van der Waals surface area contributed by atoms with E-state index in [1.807, 2.05) is 18.2 Å². The first-order chi connectivity index (χ1) is 50.5. The summed E-state index contributed by atoms with van der Waals surface area (Å²) < 4.78 is 5.34. The SMILES string of the molecule is COc1ccc(C[C@@H]2NC(=O)[C@H](C)NC(=O)[C@H](CCC(N)=O)NC(=O)[C@H](Cc3c[nH]c4ccccc34)NC(=O)[C@H](C(C)O)NC(=O)[C@H](CC(N)=O)NC(=O)C(NC(C)=O)CCCCNC(=O)C[C@H](C(=O)N[C@@H](C)C(=O)N[C@@H](C)C(=O)O)NC(=O)C(C)(C)NC(=O)[C@H](Cc3ccc4ccccc4c3)NC2=O)cc1. The number of fused-ring (bicyclic) bond motifs is 2. The lowest BCUT2D eigenvalue weighted by molar-refractivity contribution is -0.142. The predicted molar refractivity (Wildman–Crippen MR) is 386 cm³/mol. The molecular formula is C72H94N16O19. The van der Waals surface area contributed by atoms with E-state index in [0.717, 1.165) is 24.6 Å². The van der Waals surface area contributed by atoms with Crippen molar-refractivity contribution in [3.05, 3.63) is 114 Å². The van der Waals surface area contributed by atoms with Crippen molar-refractivity contribution in [1.82, 2.24) is 74.1 Å². The Morgan fingerprint density at radius 1 is 0.617 bits per heavy atom. The van der Waals surface area contributed by atoms with Gasteiger partial charge >= 0.3 is 5.97 Å². The van der Waals surface area contributed by atoms with Gasteiger partial charge in [0.05, 0.1) is 26.1 Å². The van der Waals surface area contributed by atoms with Crippen LogP contribution < -0.4 is 85.3 Å². The number of nitrogens with two attached hydrogens (primary N) is 2.